The fourth-order valence-corrected chi connectivity index (χ4v) is 2.01. The van der Waals surface area contributed by atoms with Crippen LogP contribution in [-0.2, 0) is 9.53 Å². The molecular weight excluding hydrogens is 292 g/mol. The molecule has 0 saturated carbocycles. The summed E-state index contributed by atoms with van der Waals surface area (Å²) in [5, 5.41) is 8.90. The van der Waals surface area contributed by atoms with Gasteiger partial charge < -0.3 is 9.64 Å². The molecule has 1 amide bonds. The second kappa shape index (κ2) is 7.23. The second-order valence-electron chi connectivity index (χ2n) is 5.12. The summed E-state index contributed by atoms with van der Waals surface area (Å²) in [4.78, 5) is 26.0. The van der Waals surface area contributed by atoms with E-state index in [2.05, 4.69) is 0 Å². The van der Waals surface area contributed by atoms with Gasteiger partial charge in [-0.1, -0.05) is 36.4 Å². The van der Waals surface area contributed by atoms with Crippen LogP contribution < -0.4 is 0 Å². The molecule has 23 heavy (non-hydrogen) atoms. The molecule has 0 aromatic heterocycles. The molecule has 2 rings (SSSR count). The molecule has 0 fully saturated rings. The van der Waals surface area contributed by atoms with Crippen LogP contribution in [0, 0.1) is 11.3 Å². The van der Waals surface area contributed by atoms with E-state index in [1.54, 1.807) is 56.6 Å². The Labute approximate surface area is 134 Å². The van der Waals surface area contributed by atoms with Crippen molar-refractivity contribution >= 4 is 11.9 Å². The Kier molecular flexibility index (Phi) is 5.11. The fraction of sp³-hybridized carbons (Fsp3) is 0.167. The van der Waals surface area contributed by atoms with Crippen molar-refractivity contribution in [2.75, 3.05) is 14.1 Å². The van der Waals surface area contributed by atoms with Gasteiger partial charge in [0.1, 0.15) is 0 Å². The number of nitrogens with zero attached hydrogens (tertiary/aromatic N) is 2. The molecule has 0 heterocycles. The fourth-order valence-electron chi connectivity index (χ4n) is 2.01. The number of nitriles is 1. The number of hydrogen-bond acceptors (Lipinski definition) is 4. The van der Waals surface area contributed by atoms with Crippen molar-refractivity contribution in [2.24, 2.45) is 0 Å². The van der Waals surface area contributed by atoms with Gasteiger partial charge in [0, 0.05) is 19.7 Å². The van der Waals surface area contributed by atoms with E-state index in [1.807, 2.05) is 12.1 Å². The zero-order valence-electron chi connectivity index (χ0n) is 12.9. The number of carbonyl (C=O) groups excluding carboxylic acids is 2. The van der Waals surface area contributed by atoms with Gasteiger partial charge in [0.05, 0.1) is 17.2 Å². The lowest BCUT2D eigenvalue weighted by Gasteiger charge is -2.21. The maximum Gasteiger partial charge on any atom is 0.339 e. The summed E-state index contributed by atoms with van der Waals surface area (Å²) in [6, 6.07) is 17.0. The maximum atomic E-state index is 12.3. The van der Waals surface area contributed by atoms with E-state index in [0.717, 1.165) is 0 Å². The van der Waals surface area contributed by atoms with Crippen LogP contribution in [-0.4, -0.2) is 30.9 Å². The van der Waals surface area contributed by atoms with Crippen LogP contribution in [0.5, 0.6) is 0 Å². The zero-order valence-corrected chi connectivity index (χ0v) is 12.9. The number of esters is 1. The number of rotatable bonds is 4. The summed E-state index contributed by atoms with van der Waals surface area (Å²) in [6.45, 7) is 0. The van der Waals surface area contributed by atoms with E-state index in [0.29, 0.717) is 11.1 Å². The van der Waals surface area contributed by atoms with Crippen LogP contribution in [0.2, 0.25) is 0 Å². The van der Waals surface area contributed by atoms with Crippen LogP contribution in [0.1, 0.15) is 27.6 Å². The molecule has 1 unspecified atom stereocenters. The van der Waals surface area contributed by atoms with E-state index < -0.39 is 12.1 Å². The number of carbonyl (C=O) groups is 2. The van der Waals surface area contributed by atoms with E-state index in [1.165, 1.54) is 11.0 Å². The van der Waals surface area contributed by atoms with Gasteiger partial charge in [-0.15, -0.1) is 0 Å². The van der Waals surface area contributed by atoms with E-state index in [-0.39, 0.29) is 11.5 Å². The molecule has 0 radical (unpaired) electrons. The molecule has 0 N–H and O–H groups in total. The predicted molar refractivity (Wildman–Crippen MR) is 84.4 cm³/mol. The molecule has 116 valence electrons. The largest absolute Gasteiger partial charge is 0.444 e. The third kappa shape index (κ3) is 3.95. The molecular formula is C18H16N2O3. The third-order valence-electron chi connectivity index (χ3n) is 3.22. The lowest BCUT2D eigenvalue weighted by Crippen LogP contribution is -2.31. The lowest BCUT2D eigenvalue weighted by atomic mass is 10.1. The van der Waals surface area contributed by atoms with Crippen LogP contribution in [0.3, 0.4) is 0 Å². The Hall–Kier alpha value is -3.13. The van der Waals surface area contributed by atoms with Gasteiger partial charge in [-0.25, -0.2) is 4.79 Å². The number of ether oxygens (including phenoxy) is 1. The van der Waals surface area contributed by atoms with Gasteiger partial charge in [-0.3, -0.25) is 4.79 Å². The Morgan fingerprint density at radius 2 is 1.78 bits per heavy atom. The summed E-state index contributed by atoms with van der Waals surface area (Å²) in [6.07, 6.45) is -1.02. The van der Waals surface area contributed by atoms with Gasteiger partial charge in [-0.2, -0.15) is 5.26 Å². The average molecular weight is 308 g/mol. The lowest BCUT2D eigenvalue weighted by molar-refractivity contribution is -0.138. The predicted octanol–water partition coefficient (Wildman–Crippen LogP) is 2.54. The van der Waals surface area contributed by atoms with Crippen LogP contribution in [0.4, 0.5) is 0 Å². The minimum atomic E-state index is -1.02. The Morgan fingerprint density at radius 1 is 1.09 bits per heavy atom. The van der Waals surface area contributed by atoms with Gasteiger partial charge in [0.15, 0.2) is 0 Å². The molecule has 0 aliphatic heterocycles. The summed E-state index contributed by atoms with van der Waals surface area (Å²) < 4.78 is 5.41. The molecule has 0 saturated heterocycles. The molecule has 0 bridgehead atoms. The standard InChI is InChI=1S/C18H16N2O3/c1-20(2)17(21)16(14-8-4-3-5-9-14)23-18(22)15-10-6-7-13(11-15)12-19/h3-11,16H,1-2H3. The highest BCUT2D eigenvalue weighted by Crippen LogP contribution is 2.21. The summed E-state index contributed by atoms with van der Waals surface area (Å²) in [5.74, 6) is -0.979. The molecule has 1 atom stereocenters. The number of likely N-dealkylation sites (N-methyl/N-ethyl adjacent to an activating group) is 1. The molecule has 0 spiro atoms. The molecule has 5 nitrogen and oxygen atoms in total. The van der Waals surface area contributed by atoms with E-state index >= 15 is 0 Å². The Morgan fingerprint density at radius 3 is 2.39 bits per heavy atom. The Balaban J connectivity index is 2.29. The van der Waals surface area contributed by atoms with Gasteiger partial charge in [0.2, 0.25) is 6.10 Å². The molecule has 0 aliphatic rings. The summed E-state index contributed by atoms with van der Waals surface area (Å²) >= 11 is 0. The molecule has 5 heteroatoms. The first-order valence-corrected chi connectivity index (χ1v) is 7.00. The number of amides is 1. The minimum absolute atomic E-state index is 0.233. The normalized spacial score (nSPS) is 11.2. The Bertz CT molecular complexity index is 748. The van der Waals surface area contributed by atoms with Crippen molar-refractivity contribution in [1.29, 1.82) is 5.26 Å². The third-order valence-corrected chi connectivity index (χ3v) is 3.22. The van der Waals surface area contributed by atoms with Gasteiger partial charge >= 0.3 is 5.97 Å². The van der Waals surface area contributed by atoms with Crippen molar-refractivity contribution in [3.8, 4) is 6.07 Å². The second-order valence-corrected chi connectivity index (χ2v) is 5.12. The number of benzene rings is 2. The molecule has 0 aliphatic carbocycles. The van der Waals surface area contributed by atoms with E-state index in [4.69, 9.17) is 10.00 Å². The van der Waals surface area contributed by atoms with Crippen LogP contribution in [0.15, 0.2) is 54.6 Å². The van der Waals surface area contributed by atoms with Crippen LogP contribution >= 0.6 is 0 Å². The zero-order chi connectivity index (χ0) is 16.8. The highest BCUT2D eigenvalue weighted by Gasteiger charge is 2.27. The highest BCUT2D eigenvalue weighted by atomic mass is 16.5. The SMILES string of the molecule is CN(C)C(=O)C(OC(=O)c1cccc(C#N)c1)c1ccccc1. The van der Waals surface area contributed by atoms with Crippen molar-refractivity contribution in [3.05, 3.63) is 71.3 Å². The topological polar surface area (TPSA) is 70.4 Å². The first-order valence-electron chi connectivity index (χ1n) is 7.00. The first-order chi connectivity index (χ1) is 11.0. The highest BCUT2D eigenvalue weighted by molar-refractivity contribution is 5.93. The van der Waals surface area contributed by atoms with Crippen LogP contribution in [0.25, 0.3) is 0 Å². The van der Waals surface area contributed by atoms with Gasteiger partial charge in [0.25, 0.3) is 5.91 Å². The number of hydrogen-bond donors (Lipinski definition) is 0. The van der Waals surface area contributed by atoms with Gasteiger partial charge in [-0.05, 0) is 18.2 Å². The summed E-state index contributed by atoms with van der Waals surface area (Å²) in [5.41, 5.74) is 1.18. The van der Waals surface area contributed by atoms with Crippen molar-refractivity contribution < 1.29 is 14.3 Å². The van der Waals surface area contributed by atoms with Crippen molar-refractivity contribution in [3.63, 3.8) is 0 Å². The summed E-state index contributed by atoms with van der Waals surface area (Å²) in [7, 11) is 3.20. The quantitative estimate of drug-likeness (QED) is 0.814. The van der Waals surface area contributed by atoms with Crippen molar-refractivity contribution in [2.45, 2.75) is 6.10 Å². The smallest absolute Gasteiger partial charge is 0.339 e. The maximum absolute atomic E-state index is 12.3. The molecule has 2 aromatic carbocycles. The monoisotopic (exact) mass is 308 g/mol. The van der Waals surface area contributed by atoms with E-state index in [9.17, 15) is 9.59 Å². The first kappa shape index (κ1) is 16.2. The minimum Gasteiger partial charge on any atom is -0.444 e. The van der Waals surface area contributed by atoms with Crippen molar-refractivity contribution in [1.82, 2.24) is 4.90 Å². The average Bonchev–Trinajstić information content (AvgIpc) is 2.59. The molecule has 2 aromatic rings.